The minimum atomic E-state index is -1.65. The van der Waals surface area contributed by atoms with Crippen LogP contribution in [0.2, 0.25) is 0 Å². The lowest BCUT2D eigenvalue weighted by molar-refractivity contribution is -0.311. The number of carboxylic acid groups (broad SMARTS) is 1. The summed E-state index contributed by atoms with van der Waals surface area (Å²) in [7, 11) is 0. The van der Waals surface area contributed by atoms with Crippen LogP contribution >= 0.6 is 0 Å². The summed E-state index contributed by atoms with van der Waals surface area (Å²) in [5.41, 5.74) is 0.326. The lowest BCUT2D eigenvalue weighted by Crippen LogP contribution is -2.59. The van der Waals surface area contributed by atoms with Gasteiger partial charge in [-0.05, 0) is 5.56 Å². The quantitative estimate of drug-likeness (QED) is 0.449. The number of hydrogen-bond donors (Lipinski definition) is 5. The van der Waals surface area contributed by atoms with Gasteiger partial charge in [-0.1, -0.05) is 30.3 Å². The van der Waals surface area contributed by atoms with E-state index in [0.29, 0.717) is 5.56 Å². The van der Waals surface area contributed by atoms with E-state index in [1.165, 1.54) is 12.1 Å². The predicted octanol–water partition coefficient (Wildman–Crippen LogP) is -1.37. The van der Waals surface area contributed by atoms with Gasteiger partial charge in [0.05, 0.1) is 6.61 Å². The third kappa shape index (κ3) is 3.43. The number of carboxylic acids is 1. The molecular weight excluding hydrogens is 296 g/mol. The first kappa shape index (κ1) is 16.8. The van der Waals surface area contributed by atoms with E-state index in [0.717, 1.165) is 0 Å². The number of aliphatic carboxylic acids is 1. The molecule has 1 heterocycles. The second-order valence-electron chi connectivity index (χ2n) is 4.96. The molecule has 1 aromatic rings. The molecule has 122 valence electrons. The minimum absolute atomic E-state index is 0.326. The monoisotopic (exact) mass is 314 g/mol. The SMILES string of the molecule is O=C(O)C(OC1O[C@H](CO)[C@@H](O)[C@H](O)[C@H]1O)c1ccccc1. The van der Waals surface area contributed by atoms with Gasteiger partial charge < -0.3 is 35.0 Å². The fourth-order valence-electron chi connectivity index (χ4n) is 2.22. The highest BCUT2D eigenvalue weighted by Gasteiger charge is 2.45. The van der Waals surface area contributed by atoms with Crippen LogP contribution in [-0.4, -0.2) is 68.8 Å². The minimum Gasteiger partial charge on any atom is -0.479 e. The van der Waals surface area contributed by atoms with E-state index in [1.54, 1.807) is 18.2 Å². The molecule has 0 spiro atoms. The topological polar surface area (TPSA) is 137 Å². The molecule has 8 heteroatoms. The normalized spacial score (nSPS) is 33.4. The van der Waals surface area contributed by atoms with E-state index >= 15 is 0 Å². The van der Waals surface area contributed by atoms with Crippen molar-refractivity contribution in [3.05, 3.63) is 35.9 Å². The maximum absolute atomic E-state index is 11.4. The Labute approximate surface area is 126 Å². The molecule has 0 saturated carbocycles. The summed E-state index contributed by atoms with van der Waals surface area (Å²) in [5.74, 6) is -1.30. The average molecular weight is 314 g/mol. The van der Waals surface area contributed by atoms with Gasteiger partial charge in [-0.2, -0.15) is 0 Å². The fraction of sp³-hybridized carbons (Fsp3) is 0.500. The van der Waals surface area contributed by atoms with Crippen molar-refractivity contribution in [1.29, 1.82) is 0 Å². The molecular formula is C14H18O8. The molecule has 0 amide bonds. The zero-order valence-electron chi connectivity index (χ0n) is 11.5. The molecule has 5 N–H and O–H groups in total. The molecule has 6 atom stereocenters. The molecule has 1 fully saturated rings. The highest BCUT2D eigenvalue weighted by Crippen LogP contribution is 2.27. The summed E-state index contributed by atoms with van der Waals surface area (Å²) in [6.45, 7) is -0.617. The molecule has 1 aliphatic rings. The summed E-state index contributed by atoms with van der Waals surface area (Å²) in [5, 5.41) is 47.6. The Kier molecular flexibility index (Phi) is 5.46. The molecule has 0 aliphatic carbocycles. The Morgan fingerprint density at radius 2 is 1.77 bits per heavy atom. The van der Waals surface area contributed by atoms with Gasteiger partial charge in [0.25, 0.3) is 0 Å². The van der Waals surface area contributed by atoms with Crippen LogP contribution in [0.15, 0.2) is 30.3 Å². The average Bonchev–Trinajstić information content (AvgIpc) is 2.52. The maximum Gasteiger partial charge on any atom is 0.337 e. The zero-order valence-corrected chi connectivity index (χ0v) is 11.5. The number of benzene rings is 1. The number of hydrogen-bond acceptors (Lipinski definition) is 7. The second-order valence-corrected chi connectivity index (χ2v) is 4.96. The van der Waals surface area contributed by atoms with Crippen LogP contribution in [0.1, 0.15) is 11.7 Å². The molecule has 22 heavy (non-hydrogen) atoms. The van der Waals surface area contributed by atoms with Gasteiger partial charge in [0.2, 0.25) is 0 Å². The van der Waals surface area contributed by atoms with Crippen molar-refractivity contribution in [2.24, 2.45) is 0 Å². The highest BCUT2D eigenvalue weighted by molar-refractivity contribution is 5.74. The lowest BCUT2D eigenvalue weighted by atomic mass is 9.99. The van der Waals surface area contributed by atoms with E-state index in [-0.39, 0.29) is 0 Å². The van der Waals surface area contributed by atoms with Crippen LogP contribution in [0.5, 0.6) is 0 Å². The van der Waals surface area contributed by atoms with E-state index in [9.17, 15) is 25.2 Å². The van der Waals surface area contributed by atoms with Gasteiger partial charge in [0.15, 0.2) is 12.4 Å². The highest BCUT2D eigenvalue weighted by atomic mass is 16.7. The number of rotatable bonds is 5. The summed E-state index contributed by atoms with van der Waals surface area (Å²) >= 11 is 0. The molecule has 2 unspecified atom stereocenters. The van der Waals surface area contributed by atoms with Crippen molar-refractivity contribution < 1.29 is 39.8 Å². The van der Waals surface area contributed by atoms with Crippen molar-refractivity contribution in [2.45, 2.75) is 36.8 Å². The zero-order chi connectivity index (χ0) is 16.3. The van der Waals surface area contributed by atoms with E-state index in [4.69, 9.17) is 14.6 Å². The van der Waals surface area contributed by atoms with Crippen LogP contribution in [-0.2, 0) is 14.3 Å². The number of carbonyl (C=O) groups is 1. The molecule has 0 bridgehead atoms. The maximum atomic E-state index is 11.4. The molecule has 1 saturated heterocycles. The van der Waals surface area contributed by atoms with Crippen LogP contribution in [0.3, 0.4) is 0 Å². The van der Waals surface area contributed by atoms with Crippen molar-refractivity contribution in [3.63, 3.8) is 0 Å². The molecule has 1 aromatic carbocycles. The van der Waals surface area contributed by atoms with Crippen molar-refractivity contribution in [3.8, 4) is 0 Å². The van der Waals surface area contributed by atoms with Crippen LogP contribution in [0, 0.1) is 0 Å². The fourth-order valence-corrected chi connectivity index (χ4v) is 2.22. The first-order valence-corrected chi connectivity index (χ1v) is 6.69. The third-order valence-corrected chi connectivity index (χ3v) is 3.45. The van der Waals surface area contributed by atoms with E-state index in [1.807, 2.05) is 0 Å². The van der Waals surface area contributed by atoms with Crippen LogP contribution in [0.25, 0.3) is 0 Å². The summed E-state index contributed by atoms with van der Waals surface area (Å²) in [6, 6.07) is 8.02. The number of aliphatic hydroxyl groups is 4. The Bertz CT molecular complexity index is 491. The van der Waals surface area contributed by atoms with Gasteiger partial charge in [0.1, 0.15) is 24.4 Å². The molecule has 0 aromatic heterocycles. The van der Waals surface area contributed by atoms with Crippen LogP contribution in [0.4, 0.5) is 0 Å². The molecule has 8 nitrogen and oxygen atoms in total. The lowest BCUT2D eigenvalue weighted by Gasteiger charge is -2.40. The second kappa shape index (κ2) is 7.14. The van der Waals surface area contributed by atoms with E-state index in [2.05, 4.69) is 0 Å². The standard InChI is InChI=1S/C14H18O8/c15-6-8-9(16)10(17)11(18)14(21-8)22-12(13(19)20)7-4-2-1-3-5-7/h1-5,8-12,14-18H,6H2,(H,19,20)/t8-,9-,10+,11-,12?,14?/m1/s1. The Hall–Kier alpha value is -1.55. The van der Waals surface area contributed by atoms with Gasteiger partial charge >= 0.3 is 5.97 Å². The summed E-state index contributed by atoms with van der Waals surface area (Å²) in [6.07, 6.45) is -8.89. The summed E-state index contributed by atoms with van der Waals surface area (Å²) in [4.78, 5) is 11.4. The largest absolute Gasteiger partial charge is 0.479 e. The molecule has 2 rings (SSSR count). The van der Waals surface area contributed by atoms with Crippen molar-refractivity contribution in [2.75, 3.05) is 6.61 Å². The molecule has 1 aliphatic heterocycles. The Balaban J connectivity index is 2.17. The van der Waals surface area contributed by atoms with Crippen molar-refractivity contribution in [1.82, 2.24) is 0 Å². The van der Waals surface area contributed by atoms with Gasteiger partial charge in [0, 0.05) is 0 Å². The third-order valence-electron chi connectivity index (χ3n) is 3.45. The number of ether oxygens (including phenoxy) is 2. The summed E-state index contributed by atoms with van der Waals surface area (Å²) < 4.78 is 10.4. The van der Waals surface area contributed by atoms with Gasteiger partial charge in [-0.25, -0.2) is 4.79 Å². The van der Waals surface area contributed by atoms with E-state index < -0.39 is 49.4 Å². The predicted molar refractivity (Wildman–Crippen MR) is 71.7 cm³/mol. The van der Waals surface area contributed by atoms with Crippen molar-refractivity contribution >= 4 is 5.97 Å². The van der Waals surface area contributed by atoms with Gasteiger partial charge in [-0.15, -0.1) is 0 Å². The molecule has 0 radical (unpaired) electrons. The van der Waals surface area contributed by atoms with Crippen LogP contribution < -0.4 is 0 Å². The Morgan fingerprint density at radius 1 is 1.14 bits per heavy atom. The first-order valence-electron chi connectivity index (χ1n) is 6.69. The van der Waals surface area contributed by atoms with Gasteiger partial charge in [-0.3, -0.25) is 0 Å². The Morgan fingerprint density at radius 3 is 2.32 bits per heavy atom. The number of aliphatic hydroxyl groups excluding tert-OH is 4. The smallest absolute Gasteiger partial charge is 0.337 e. The first-order chi connectivity index (χ1) is 10.5.